The maximum Gasteiger partial charge on any atom is 0.468 e. The molecule has 4 fully saturated rings. The quantitative estimate of drug-likeness (QED) is 0.569. The normalized spacial score (nSPS) is 38.4. The zero-order valence-electron chi connectivity index (χ0n) is 12.1. The molecule has 122 valence electrons. The molecule has 10 nitrogen and oxygen atoms in total. The van der Waals surface area contributed by atoms with Crippen LogP contribution in [0.2, 0.25) is 0 Å². The first-order valence-corrected chi connectivity index (χ1v) is 7.15. The van der Waals surface area contributed by atoms with Crippen LogP contribution in [0.4, 0.5) is 4.79 Å². The van der Waals surface area contributed by atoms with Gasteiger partial charge in [0.25, 0.3) is 5.09 Å². The van der Waals surface area contributed by atoms with Crippen molar-refractivity contribution < 1.29 is 24.5 Å². The number of hydrogen-bond donors (Lipinski definition) is 0. The highest BCUT2D eigenvalue weighted by atomic mass is 17.0. The Morgan fingerprint density at radius 2 is 1.77 bits per heavy atom. The Kier molecular flexibility index (Phi) is 3.15. The molecule has 4 aliphatic carbocycles. The molecule has 4 bridgehead atoms. The molecule has 4 rings (SSSR count). The van der Waals surface area contributed by atoms with Crippen LogP contribution < -0.4 is 0 Å². The zero-order chi connectivity index (χ0) is 16.1. The van der Waals surface area contributed by atoms with Gasteiger partial charge in [0.15, 0.2) is 5.03 Å². The minimum Gasteiger partial charge on any atom is -0.449 e. The van der Waals surface area contributed by atoms with Gasteiger partial charge in [0.1, 0.15) is 11.1 Å². The Hall–Kier alpha value is -2.13. The van der Waals surface area contributed by atoms with E-state index in [-0.39, 0.29) is 18.3 Å². The SMILES string of the molecule is COC(=O)N([N+](=O)[O-])C12C[C@@H]3C[C@@H](CC(O[N+](=O)[O-])(C3)C1)C2. The first kappa shape index (κ1) is 14.8. The van der Waals surface area contributed by atoms with Crippen LogP contribution in [0.5, 0.6) is 0 Å². The summed E-state index contributed by atoms with van der Waals surface area (Å²) in [5.74, 6) is 0.182. The Balaban J connectivity index is 1.97. The lowest BCUT2D eigenvalue weighted by molar-refractivity contribution is -0.786. The van der Waals surface area contributed by atoms with Crippen molar-refractivity contribution in [3.63, 3.8) is 0 Å². The standard InChI is InChI=1S/C12H17N3O7/c1-21-10(16)13(14(17)18)11-3-8-2-9(4-11)6-12(5-8,7-11)22-15(19)20/h8-9H,2-7H2,1H3/t8-,9+,11?,12?. The van der Waals surface area contributed by atoms with Crippen molar-refractivity contribution in [2.24, 2.45) is 11.8 Å². The molecule has 0 radical (unpaired) electrons. The van der Waals surface area contributed by atoms with E-state index in [1.165, 1.54) is 0 Å². The fourth-order valence-electron chi connectivity index (χ4n) is 5.16. The van der Waals surface area contributed by atoms with Crippen molar-refractivity contribution in [3.05, 3.63) is 20.2 Å². The number of carbonyl (C=O) groups is 1. The van der Waals surface area contributed by atoms with Gasteiger partial charge in [0.2, 0.25) is 0 Å². The number of amides is 1. The average Bonchev–Trinajstić information content (AvgIpc) is 2.34. The van der Waals surface area contributed by atoms with Gasteiger partial charge in [-0.3, -0.25) is 0 Å². The molecule has 0 spiro atoms. The van der Waals surface area contributed by atoms with Gasteiger partial charge in [0, 0.05) is 6.42 Å². The zero-order valence-corrected chi connectivity index (χ0v) is 12.1. The van der Waals surface area contributed by atoms with Crippen molar-refractivity contribution in [1.82, 2.24) is 5.01 Å². The summed E-state index contributed by atoms with van der Waals surface area (Å²) in [6.07, 6.45) is 1.88. The molecular formula is C12H17N3O7. The van der Waals surface area contributed by atoms with E-state index in [1.54, 1.807) is 0 Å². The minimum atomic E-state index is -1.06. The highest BCUT2D eigenvalue weighted by Crippen LogP contribution is 2.60. The predicted octanol–water partition coefficient (Wildman–Crippen LogP) is 1.55. The highest BCUT2D eigenvalue weighted by molar-refractivity contribution is 5.67. The smallest absolute Gasteiger partial charge is 0.449 e. The van der Waals surface area contributed by atoms with Crippen LogP contribution in [0.3, 0.4) is 0 Å². The average molecular weight is 315 g/mol. The maximum atomic E-state index is 11.9. The van der Waals surface area contributed by atoms with E-state index in [4.69, 9.17) is 4.84 Å². The van der Waals surface area contributed by atoms with Crippen molar-refractivity contribution in [3.8, 4) is 0 Å². The lowest BCUT2D eigenvalue weighted by Gasteiger charge is -2.60. The summed E-state index contributed by atoms with van der Waals surface area (Å²) < 4.78 is 4.55. The van der Waals surface area contributed by atoms with Gasteiger partial charge in [-0.1, -0.05) is 0 Å². The molecule has 0 aromatic rings. The fraction of sp³-hybridized carbons (Fsp3) is 0.917. The summed E-state index contributed by atoms with van der Waals surface area (Å²) in [6, 6.07) is 0. The van der Waals surface area contributed by atoms with Gasteiger partial charge in [-0.05, 0) is 48.9 Å². The van der Waals surface area contributed by atoms with Crippen LogP contribution in [0.25, 0.3) is 0 Å². The number of ether oxygens (including phenoxy) is 1. The third kappa shape index (κ3) is 2.13. The topological polar surface area (TPSA) is 125 Å². The summed E-state index contributed by atoms with van der Waals surface area (Å²) in [5.41, 5.74) is -2.08. The van der Waals surface area contributed by atoms with Crippen molar-refractivity contribution >= 4 is 6.09 Å². The second-order valence-electron chi connectivity index (χ2n) is 6.70. The van der Waals surface area contributed by atoms with E-state index >= 15 is 0 Å². The predicted molar refractivity (Wildman–Crippen MR) is 69.5 cm³/mol. The van der Waals surface area contributed by atoms with Crippen LogP contribution in [-0.4, -0.2) is 39.5 Å². The number of rotatable bonds is 4. The second-order valence-corrected chi connectivity index (χ2v) is 6.70. The molecule has 0 aromatic heterocycles. The Labute approximate surface area is 125 Å². The second kappa shape index (κ2) is 4.68. The van der Waals surface area contributed by atoms with Gasteiger partial charge in [-0.2, -0.15) is 0 Å². The third-order valence-electron chi connectivity index (χ3n) is 5.20. The monoisotopic (exact) mass is 315 g/mol. The van der Waals surface area contributed by atoms with Crippen LogP contribution in [-0.2, 0) is 9.57 Å². The van der Waals surface area contributed by atoms with Crippen molar-refractivity contribution in [1.29, 1.82) is 0 Å². The molecule has 4 saturated carbocycles. The van der Waals surface area contributed by atoms with E-state index in [9.17, 15) is 25.0 Å². The Morgan fingerprint density at radius 3 is 2.23 bits per heavy atom. The van der Waals surface area contributed by atoms with E-state index in [1.807, 2.05) is 0 Å². The van der Waals surface area contributed by atoms with Crippen LogP contribution >= 0.6 is 0 Å². The molecule has 0 aromatic carbocycles. The van der Waals surface area contributed by atoms with Gasteiger partial charge in [0.05, 0.1) is 7.11 Å². The molecule has 22 heavy (non-hydrogen) atoms. The van der Waals surface area contributed by atoms with Gasteiger partial charge in [-0.15, -0.1) is 10.1 Å². The van der Waals surface area contributed by atoms with E-state index in [0.717, 1.165) is 13.5 Å². The summed E-state index contributed by atoms with van der Waals surface area (Å²) in [4.78, 5) is 39.0. The number of nitro groups is 1. The molecule has 2 unspecified atom stereocenters. The Bertz CT molecular complexity index is 523. The number of carbonyl (C=O) groups excluding carboxylic acids is 1. The summed E-state index contributed by atoms with van der Waals surface area (Å²) >= 11 is 0. The van der Waals surface area contributed by atoms with Gasteiger partial charge in [-0.25, -0.2) is 14.9 Å². The molecule has 10 heteroatoms. The molecule has 0 N–H and O–H groups in total. The third-order valence-corrected chi connectivity index (χ3v) is 5.20. The minimum absolute atomic E-state index is 0.0910. The van der Waals surface area contributed by atoms with Gasteiger partial charge < -0.3 is 9.57 Å². The molecule has 0 heterocycles. The fourth-order valence-corrected chi connectivity index (χ4v) is 5.16. The van der Waals surface area contributed by atoms with Crippen LogP contribution in [0.15, 0.2) is 0 Å². The number of hydrogen-bond acceptors (Lipinski definition) is 7. The highest BCUT2D eigenvalue weighted by Gasteiger charge is 2.66. The largest absolute Gasteiger partial charge is 0.468 e. The van der Waals surface area contributed by atoms with Crippen LogP contribution in [0.1, 0.15) is 38.5 Å². The molecule has 0 saturated heterocycles. The summed E-state index contributed by atoms with van der Waals surface area (Å²) in [5, 5.41) is 21.2. The first-order chi connectivity index (χ1) is 10.3. The van der Waals surface area contributed by atoms with Crippen molar-refractivity contribution in [2.45, 2.75) is 49.7 Å². The maximum absolute atomic E-state index is 11.9. The lowest BCUT2D eigenvalue weighted by atomic mass is 9.51. The lowest BCUT2D eigenvalue weighted by Crippen LogP contribution is -2.68. The van der Waals surface area contributed by atoms with Crippen molar-refractivity contribution in [2.75, 3.05) is 7.11 Å². The number of methoxy groups -OCH3 is 1. The van der Waals surface area contributed by atoms with E-state index < -0.39 is 27.4 Å². The Morgan fingerprint density at radius 1 is 1.18 bits per heavy atom. The van der Waals surface area contributed by atoms with Gasteiger partial charge >= 0.3 is 6.09 Å². The molecular weight excluding hydrogens is 298 g/mol. The summed E-state index contributed by atoms with van der Waals surface area (Å²) in [7, 11) is 1.09. The molecule has 1 amide bonds. The van der Waals surface area contributed by atoms with E-state index in [0.29, 0.717) is 30.7 Å². The number of nitrogens with zero attached hydrogens (tertiary/aromatic N) is 3. The molecule has 4 atom stereocenters. The first-order valence-electron chi connectivity index (χ1n) is 7.15. The summed E-state index contributed by atoms with van der Waals surface area (Å²) in [6.45, 7) is 0. The molecule has 0 aliphatic heterocycles. The molecule has 4 aliphatic rings. The van der Waals surface area contributed by atoms with E-state index in [2.05, 4.69) is 4.74 Å². The van der Waals surface area contributed by atoms with Crippen LogP contribution in [0, 0.1) is 32.1 Å². The number of hydrazine groups is 1.